The molecule has 4 nitrogen and oxygen atoms in total. The molecule has 0 saturated carbocycles. The first-order valence-corrected chi connectivity index (χ1v) is 8.51. The monoisotopic (exact) mass is 390 g/mol. The summed E-state index contributed by atoms with van der Waals surface area (Å²) in [6.45, 7) is 2.27. The summed E-state index contributed by atoms with van der Waals surface area (Å²) in [5.74, 6) is 6.82. The van der Waals surface area contributed by atoms with E-state index in [0.717, 1.165) is 0 Å². The van der Waals surface area contributed by atoms with E-state index in [0.29, 0.717) is 33.9 Å². The molecule has 0 aliphatic rings. The lowest BCUT2D eigenvalue weighted by Crippen LogP contribution is -1.98. The second kappa shape index (κ2) is 10.4. The Balaban J connectivity index is 1.83. The topological polar surface area (TPSA) is 44.8 Å². The number of ether oxygens (including phenoxy) is 3. The van der Waals surface area contributed by atoms with Crippen molar-refractivity contribution in [3.05, 3.63) is 64.7 Å². The number of carbonyl (C=O) groups excluding carboxylic acids is 1. The van der Waals surface area contributed by atoms with Gasteiger partial charge in [-0.25, -0.2) is 4.79 Å². The molecule has 0 spiro atoms. The third-order valence-electron chi connectivity index (χ3n) is 2.95. The zero-order chi connectivity index (χ0) is 18.8. The fourth-order valence-corrected chi connectivity index (χ4v) is 2.26. The molecule has 0 heterocycles. The third-order valence-corrected chi connectivity index (χ3v) is 3.48. The van der Waals surface area contributed by atoms with Crippen LogP contribution in [0, 0.1) is 11.8 Å². The molecule has 0 aliphatic carbocycles. The Kier molecular flexibility index (Phi) is 7.88. The average molecular weight is 391 g/mol. The fraction of sp³-hybridized carbons (Fsp3) is 0.150. The van der Waals surface area contributed by atoms with Crippen molar-refractivity contribution in [1.82, 2.24) is 0 Å². The summed E-state index contributed by atoms with van der Waals surface area (Å²) in [4.78, 5) is 11.1. The van der Waals surface area contributed by atoms with Gasteiger partial charge in [0.2, 0.25) is 0 Å². The lowest BCUT2D eigenvalue weighted by Gasteiger charge is -2.08. The maximum Gasteiger partial charge on any atom is 0.331 e. The normalized spacial score (nSPS) is 10.1. The molecule has 134 valence electrons. The van der Waals surface area contributed by atoms with Crippen molar-refractivity contribution in [1.29, 1.82) is 0 Å². The molecule has 0 atom stereocenters. The predicted molar refractivity (Wildman–Crippen MR) is 102 cm³/mol. The molecule has 0 saturated heterocycles. The number of hydrogen-bond acceptors (Lipinski definition) is 4. The van der Waals surface area contributed by atoms with E-state index in [4.69, 9.17) is 37.4 Å². The lowest BCUT2D eigenvalue weighted by molar-refractivity contribution is -0.137. The predicted octanol–water partition coefficient (Wildman–Crippen LogP) is 5.29. The van der Waals surface area contributed by atoms with Gasteiger partial charge in [0.15, 0.2) is 0 Å². The van der Waals surface area contributed by atoms with Crippen molar-refractivity contribution in [2.45, 2.75) is 6.92 Å². The van der Waals surface area contributed by atoms with E-state index in [-0.39, 0.29) is 6.61 Å². The smallest absolute Gasteiger partial charge is 0.331 e. The van der Waals surface area contributed by atoms with E-state index in [9.17, 15) is 4.79 Å². The minimum atomic E-state index is -0.418. The van der Waals surface area contributed by atoms with Crippen molar-refractivity contribution >= 4 is 29.2 Å². The first-order valence-electron chi connectivity index (χ1n) is 7.76. The van der Waals surface area contributed by atoms with E-state index in [1.165, 1.54) is 12.2 Å². The number of esters is 1. The summed E-state index contributed by atoms with van der Waals surface area (Å²) in [5.41, 5.74) is 0. The number of benzene rings is 2. The van der Waals surface area contributed by atoms with Gasteiger partial charge in [-0.05, 0) is 55.5 Å². The van der Waals surface area contributed by atoms with Gasteiger partial charge in [0.05, 0.1) is 11.6 Å². The van der Waals surface area contributed by atoms with E-state index in [1.807, 2.05) is 0 Å². The number of halogens is 2. The van der Waals surface area contributed by atoms with Crippen LogP contribution < -0.4 is 9.47 Å². The maximum atomic E-state index is 11.1. The summed E-state index contributed by atoms with van der Waals surface area (Å²) >= 11 is 11.9. The van der Waals surface area contributed by atoms with E-state index in [1.54, 1.807) is 49.4 Å². The number of carbonyl (C=O) groups is 1. The Morgan fingerprint density at radius 1 is 1.12 bits per heavy atom. The highest BCUT2D eigenvalue weighted by Gasteiger charge is 2.04. The van der Waals surface area contributed by atoms with E-state index in [2.05, 4.69) is 11.8 Å². The molecule has 0 aromatic heterocycles. The average Bonchev–Trinajstić information content (AvgIpc) is 2.62. The number of allylic oxidation sites excluding steroid dienone is 1. The molecule has 2 rings (SSSR count). The first kappa shape index (κ1) is 19.7. The van der Waals surface area contributed by atoms with Gasteiger partial charge in [-0.1, -0.05) is 35.0 Å². The first-order chi connectivity index (χ1) is 12.6. The van der Waals surface area contributed by atoms with Gasteiger partial charge in [-0.2, -0.15) is 0 Å². The summed E-state index contributed by atoms with van der Waals surface area (Å²) in [6, 6.07) is 12.1. The standard InChI is InChI=1S/C20H16Cl2O4/c1-2-24-20(23)6-4-3-5-13-25-16-8-10-17(11-9-16)26-19-12-7-15(21)14-18(19)22/h4,6-12,14H,2,13H2,1H3. The molecule has 6 heteroatoms. The van der Waals surface area contributed by atoms with Crippen LogP contribution in [0.4, 0.5) is 0 Å². The highest BCUT2D eigenvalue weighted by Crippen LogP contribution is 2.32. The van der Waals surface area contributed by atoms with Crippen LogP contribution in [0.3, 0.4) is 0 Å². The van der Waals surface area contributed by atoms with Crippen LogP contribution in [0.5, 0.6) is 17.2 Å². The molecular weight excluding hydrogens is 375 g/mol. The van der Waals surface area contributed by atoms with Crippen LogP contribution in [-0.4, -0.2) is 19.2 Å². The zero-order valence-electron chi connectivity index (χ0n) is 14.0. The molecule has 0 bridgehead atoms. The van der Waals surface area contributed by atoms with Gasteiger partial charge < -0.3 is 14.2 Å². The Bertz CT molecular complexity index is 833. The van der Waals surface area contributed by atoms with Crippen LogP contribution in [0.25, 0.3) is 0 Å². The molecule has 26 heavy (non-hydrogen) atoms. The molecule has 0 N–H and O–H groups in total. The third kappa shape index (κ3) is 6.72. The summed E-state index contributed by atoms with van der Waals surface area (Å²) in [6.07, 6.45) is 2.69. The Morgan fingerprint density at radius 2 is 1.85 bits per heavy atom. The molecule has 0 fully saturated rings. The molecular formula is C20H16Cl2O4. The lowest BCUT2D eigenvalue weighted by atomic mass is 10.3. The second-order valence-electron chi connectivity index (χ2n) is 4.84. The second-order valence-corrected chi connectivity index (χ2v) is 5.69. The molecule has 0 radical (unpaired) electrons. The number of rotatable bonds is 6. The highest BCUT2D eigenvalue weighted by atomic mass is 35.5. The van der Waals surface area contributed by atoms with Gasteiger partial charge >= 0.3 is 5.97 Å². The summed E-state index contributed by atoms with van der Waals surface area (Å²) in [7, 11) is 0. The van der Waals surface area contributed by atoms with Gasteiger partial charge in [0.25, 0.3) is 0 Å². The minimum Gasteiger partial charge on any atom is -0.481 e. The quantitative estimate of drug-likeness (QED) is 0.382. The Labute approximate surface area is 162 Å². The minimum absolute atomic E-state index is 0.191. The SMILES string of the molecule is CCOC(=O)C=CC#CCOc1ccc(Oc2ccc(Cl)cc2Cl)cc1. The van der Waals surface area contributed by atoms with E-state index >= 15 is 0 Å². The van der Waals surface area contributed by atoms with Crippen molar-refractivity contribution in [2.75, 3.05) is 13.2 Å². The van der Waals surface area contributed by atoms with Crippen LogP contribution in [0.15, 0.2) is 54.6 Å². The Morgan fingerprint density at radius 3 is 2.54 bits per heavy atom. The molecule has 0 amide bonds. The summed E-state index contributed by atoms with van der Waals surface area (Å²) < 4.78 is 15.9. The van der Waals surface area contributed by atoms with Crippen LogP contribution >= 0.6 is 23.2 Å². The number of hydrogen-bond donors (Lipinski definition) is 0. The largest absolute Gasteiger partial charge is 0.481 e. The van der Waals surface area contributed by atoms with Crippen molar-refractivity contribution in [3.8, 4) is 29.1 Å². The molecule has 0 aliphatic heterocycles. The maximum absolute atomic E-state index is 11.1. The van der Waals surface area contributed by atoms with Crippen LogP contribution in [0.2, 0.25) is 10.0 Å². The van der Waals surface area contributed by atoms with Gasteiger partial charge in [0.1, 0.15) is 23.9 Å². The van der Waals surface area contributed by atoms with Gasteiger partial charge in [-0.15, -0.1) is 0 Å². The van der Waals surface area contributed by atoms with Crippen LogP contribution in [-0.2, 0) is 9.53 Å². The van der Waals surface area contributed by atoms with Gasteiger partial charge in [0, 0.05) is 11.1 Å². The van der Waals surface area contributed by atoms with Crippen molar-refractivity contribution < 1.29 is 19.0 Å². The molecule has 2 aromatic carbocycles. The fourth-order valence-electron chi connectivity index (χ4n) is 1.81. The molecule has 2 aromatic rings. The van der Waals surface area contributed by atoms with Crippen molar-refractivity contribution in [2.24, 2.45) is 0 Å². The van der Waals surface area contributed by atoms with Crippen LogP contribution in [0.1, 0.15) is 6.92 Å². The van der Waals surface area contributed by atoms with E-state index < -0.39 is 5.97 Å². The van der Waals surface area contributed by atoms with Gasteiger partial charge in [-0.3, -0.25) is 0 Å². The summed E-state index contributed by atoms with van der Waals surface area (Å²) in [5, 5.41) is 0.980. The highest BCUT2D eigenvalue weighted by molar-refractivity contribution is 6.35. The zero-order valence-corrected chi connectivity index (χ0v) is 15.5. The Hall–Kier alpha value is -2.61. The van der Waals surface area contributed by atoms with Crippen molar-refractivity contribution in [3.63, 3.8) is 0 Å². The molecule has 0 unspecified atom stereocenters.